The highest BCUT2D eigenvalue weighted by molar-refractivity contribution is 7.99. The van der Waals surface area contributed by atoms with Crippen molar-refractivity contribution in [2.45, 2.75) is 44.1 Å². The molecule has 3 aromatic rings. The van der Waals surface area contributed by atoms with E-state index in [2.05, 4.69) is 33.1 Å². The van der Waals surface area contributed by atoms with Crippen LogP contribution in [-0.4, -0.2) is 62.3 Å². The molecule has 0 saturated carbocycles. The van der Waals surface area contributed by atoms with Crippen molar-refractivity contribution in [1.29, 1.82) is 0 Å². The molecule has 4 rings (SSSR count). The number of ether oxygens (including phenoxy) is 3. The summed E-state index contributed by atoms with van der Waals surface area (Å²) in [5.74, 6) is 0.118. The van der Waals surface area contributed by atoms with Crippen molar-refractivity contribution in [2.75, 3.05) is 24.2 Å². The number of aryl methyl sites for hydroxylation is 1. The van der Waals surface area contributed by atoms with Crippen molar-refractivity contribution in [1.82, 2.24) is 25.5 Å². The molecule has 1 aromatic heterocycles. The Morgan fingerprint density at radius 3 is 2.46 bits per heavy atom. The van der Waals surface area contributed by atoms with Gasteiger partial charge in [0.15, 0.2) is 6.29 Å². The van der Waals surface area contributed by atoms with Crippen molar-refractivity contribution >= 4 is 29.4 Å². The number of nitrogens with zero attached hydrogens (tertiary/aromatic N) is 4. The number of benzene rings is 2. The minimum atomic E-state index is -0.654. The molecule has 2 amide bonds. The Morgan fingerprint density at radius 1 is 1.10 bits per heavy atom. The highest BCUT2D eigenvalue weighted by Crippen LogP contribution is 2.43. The molecule has 1 aliphatic heterocycles. The fourth-order valence-electron chi connectivity index (χ4n) is 4.07. The SMILES string of the molecule is CCOC(=O)CNC(=O)Nc1ccc(C2OC(CSc3nnnn3C)C(C)C(c3ccc(CO)cc3)O2)cc1. The second-order valence-corrected chi connectivity index (χ2v) is 9.94. The first kappa shape index (κ1) is 28.5. The number of aliphatic hydroxyl groups is 1. The fourth-order valence-corrected chi connectivity index (χ4v) is 5.09. The maximum absolute atomic E-state index is 12.1. The molecule has 12 nitrogen and oxygen atoms in total. The summed E-state index contributed by atoms with van der Waals surface area (Å²) in [5.41, 5.74) is 3.14. The Morgan fingerprint density at radius 2 is 1.82 bits per heavy atom. The van der Waals surface area contributed by atoms with Gasteiger partial charge in [-0.25, -0.2) is 9.48 Å². The van der Waals surface area contributed by atoms with Crippen LogP contribution in [0.4, 0.5) is 10.5 Å². The quantitative estimate of drug-likeness (QED) is 0.251. The smallest absolute Gasteiger partial charge is 0.325 e. The number of carbonyl (C=O) groups excluding carboxylic acids is 2. The highest BCUT2D eigenvalue weighted by Gasteiger charge is 2.38. The zero-order chi connectivity index (χ0) is 27.8. The van der Waals surface area contributed by atoms with Gasteiger partial charge in [0.1, 0.15) is 6.54 Å². The number of hydrogen-bond acceptors (Lipinski definition) is 10. The van der Waals surface area contributed by atoms with Gasteiger partial charge in [-0.1, -0.05) is 55.1 Å². The van der Waals surface area contributed by atoms with E-state index in [0.29, 0.717) is 16.6 Å². The van der Waals surface area contributed by atoms with E-state index in [4.69, 9.17) is 14.2 Å². The Balaban J connectivity index is 1.47. The summed E-state index contributed by atoms with van der Waals surface area (Å²) in [4.78, 5) is 23.6. The molecule has 1 aliphatic rings. The van der Waals surface area contributed by atoms with E-state index in [1.807, 2.05) is 36.4 Å². The average molecular weight is 557 g/mol. The summed E-state index contributed by atoms with van der Waals surface area (Å²) in [7, 11) is 1.79. The monoisotopic (exact) mass is 556 g/mol. The van der Waals surface area contributed by atoms with Gasteiger partial charge in [0.25, 0.3) is 0 Å². The summed E-state index contributed by atoms with van der Waals surface area (Å²) in [6.45, 7) is 3.79. The molecule has 0 aliphatic carbocycles. The number of rotatable bonds is 10. The van der Waals surface area contributed by atoms with Crippen LogP contribution in [0.15, 0.2) is 53.7 Å². The molecule has 1 fully saturated rings. The minimum absolute atomic E-state index is 0.0129. The van der Waals surface area contributed by atoms with Crippen LogP contribution in [-0.2, 0) is 32.7 Å². The summed E-state index contributed by atoms with van der Waals surface area (Å²) in [5, 5.41) is 26.9. The highest BCUT2D eigenvalue weighted by atomic mass is 32.2. The molecule has 3 N–H and O–H groups in total. The lowest BCUT2D eigenvalue weighted by molar-refractivity contribution is -0.268. The first-order valence-corrected chi connectivity index (χ1v) is 13.5. The summed E-state index contributed by atoms with van der Waals surface area (Å²) >= 11 is 1.51. The van der Waals surface area contributed by atoms with E-state index >= 15 is 0 Å². The molecule has 1 saturated heterocycles. The van der Waals surface area contributed by atoms with Gasteiger partial charge >= 0.3 is 12.0 Å². The lowest BCUT2D eigenvalue weighted by atomic mass is 9.91. The Hall–Kier alpha value is -3.52. The molecule has 4 unspecified atom stereocenters. The van der Waals surface area contributed by atoms with Crippen LogP contribution in [0.25, 0.3) is 0 Å². The van der Waals surface area contributed by atoms with E-state index in [1.54, 1.807) is 30.8 Å². The number of esters is 1. The number of tetrazole rings is 1. The molecular formula is C26H32N6O6S. The molecule has 13 heteroatoms. The standard InChI is InChI=1S/C26H32N6O6S/c1-4-36-22(34)13-27-25(35)28-20-11-9-19(10-12-20)24-37-21(15-39-26-29-30-31-32(26)3)16(2)23(38-24)18-7-5-17(14-33)6-8-18/h5-12,16,21,23-24,33H,4,13-15H2,1-3H3,(H2,27,28,35). The van der Waals surface area contributed by atoms with Crippen molar-refractivity contribution in [3.63, 3.8) is 0 Å². The third kappa shape index (κ3) is 7.53. The van der Waals surface area contributed by atoms with Crippen LogP contribution in [0.5, 0.6) is 0 Å². The minimum Gasteiger partial charge on any atom is -0.465 e. The Kier molecular flexibility index (Phi) is 9.87. The van der Waals surface area contributed by atoms with Crippen LogP contribution < -0.4 is 10.6 Å². The molecule has 2 aromatic carbocycles. The van der Waals surface area contributed by atoms with Gasteiger partial charge in [-0.3, -0.25) is 4.79 Å². The number of nitrogens with one attached hydrogen (secondary N) is 2. The third-order valence-electron chi connectivity index (χ3n) is 6.22. The number of carbonyl (C=O) groups is 2. The van der Waals surface area contributed by atoms with Crippen LogP contribution in [0.1, 0.15) is 42.9 Å². The number of anilines is 1. The van der Waals surface area contributed by atoms with Crippen LogP contribution in [0, 0.1) is 5.92 Å². The van der Waals surface area contributed by atoms with Gasteiger partial charge in [-0.05, 0) is 40.6 Å². The number of thioether (sulfide) groups is 1. The second-order valence-electron chi connectivity index (χ2n) is 8.95. The lowest BCUT2D eigenvalue weighted by Crippen LogP contribution is -2.38. The molecule has 4 atom stereocenters. The predicted octanol–water partition coefficient (Wildman–Crippen LogP) is 2.97. The van der Waals surface area contributed by atoms with Gasteiger partial charge in [-0.15, -0.1) is 5.10 Å². The molecule has 0 radical (unpaired) electrons. The van der Waals surface area contributed by atoms with E-state index in [-0.39, 0.29) is 37.9 Å². The van der Waals surface area contributed by atoms with Crippen molar-refractivity contribution in [2.24, 2.45) is 13.0 Å². The molecule has 0 bridgehead atoms. The number of urea groups is 1. The molecular weight excluding hydrogens is 524 g/mol. The first-order valence-electron chi connectivity index (χ1n) is 12.5. The third-order valence-corrected chi connectivity index (χ3v) is 7.32. The molecule has 2 heterocycles. The van der Waals surface area contributed by atoms with Crippen LogP contribution >= 0.6 is 11.8 Å². The van der Waals surface area contributed by atoms with Crippen molar-refractivity contribution < 1.29 is 28.9 Å². The van der Waals surface area contributed by atoms with E-state index in [0.717, 1.165) is 16.7 Å². The van der Waals surface area contributed by atoms with Gasteiger partial charge in [0.05, 0.1) is 25.4 Å². The normalized spacial score (nSPS) is 20.8. The van der Waals surface area contributed by atoms with Crippen LogP contribution in [0.3, 0.4) is 0 Å². The Bertz CT molecular complexity index is 1240. The summed E-state index contributed by atoms with van der Waals surface area (Å²) in [6.07, 6.45) is -1.09. The number of aromatic nitrogens is 4. The largest absolute Gasteiger partial charge is 0.465 e. The number of amides is 2. The molecule has 39 heavy (non-hydrogen) atoms. The van der Waals surface area contributed by atoms with Crippen LogP contribution in [0.2, 0.25) is 0 Å². The maximum atomic E-state index is 12.1. The fraction of sp³-hybridized carbons (Fsp3) is 0.423. The zero-order valence-corrected chi connectivity index (χ0v) is 22.8. The number of hydrogen-bond donors (Lipinski definition) is 3. The summed E-state index contributed by atoms with van der Waals surface area (Å²) in [6, 6.07) is 14.3. The Labute approximate surface area is 230 Å². The number of aliphatic hydroxyl groups excluding tert-OH is 1. The lowest BCUT2D eigenvalue weighted by Gasteiger charge is -2.41. The van der Waals surface area contributed by atoms with Gasteiger partial charge in [0.2, 0.25) is 5.16 Å². The van der Waals surface area contributed by atoms with Gasteiger partial charge < -0.3 is 30.0 Å². The molecule has 0 spiro atoms. The first-order chi connectivity index (χ1) is 18.9. The van der Waals surface area contributed by atoms with Gasteiger partial charge in [0, 0.05) is 30.0 Å². The topological polar surface area (TPSA) is 150 Å². The van der Waals surface area contributed by atoms with Crippen molar-refractivity contribution in [3.8, 4) is 0 Å². The van der Waals surface area contributed by atoms with Gasteiger partial charge in [-0.2, -0.15) is 0 Å². The predicted molar refractivity (Wildman–Crippen MR) is 143 cm³/mol. The summed E-state index contributed by atoms with van der Waals surface area (Å²) < 4.78 is 19.3. The zero-order valence-electron chi connectivity index (χ0n) is 21.9. The molecule has 208 valence electrons. The van der Waals surface area contributed by atoms with E-state index in [9.17, 15) is 14.7 Å². The van der Waals surface area contributed by atoms with Crippen molar-refractivity contribution in [3.05, 3.63) is 65.2 Å². The maximum Gasteiger partial charge on any atom is 0.325 e. The second kappa shape index (κ2) is 13.5. The average Bonchev–Trinajstić information content (AvgIpc) is 3.36. The van der Waals surface area contributed by atoms with E-state index in [1.165, 1.54) is 11.8 Å². The van der Waals surface area contributed by atoms with E-state index < -0.39 is 18.3 Å².